The molecular formula is C14H29N3O. The summed E-state index contributed by atoms with van der Waals surface area (Å²) in [6, 6.07) is 0.409. The van der Waals surface area contributed by atoms with E-state index in [1.165, 1.54) is 19.3 Å². The van der Waals surface area contributed by atoms with Gasteiger partial charge in [0.1, 0.15) is 0 Å². The lowest BCUT2D eigenvalue weighted by atomic mass is 9.93. The molecule has 106 valence electrons. The number of nitrogens with two attached hydrogens (primary N) is 1. The lowest BCUT2D eigenvalue weighted by molar-refractivity contribution is -0.126. The Hall–Kier alpha value is -0.610. The molecule has 0 radical (unpaired) electrons. The highest BCUT2D eigenvalue weighted by Crippen LogP contribution is 2.13. The number of carbonyl (C=O) groups is 1. The molecule has 0 aromatic rings. The van der Waals surface area contributed by atoms with E-state index in [1.807, 2.05) is 13.8 Å². The lowest BCUT2D eigenvalue weighted by Gasteiger charge is -2.33. The summed E-state index contributed by atoms with van der Waals surface area (Å²) < 4.78 is 0. The summed E-state index contributed by atoms with van der Waals surface area (Å²) in [5.41, 5.74) is 5.39. The largest absolute Gasteiger partial charge is 0.353 e. The van der Waals surface area contributed by atoms with Crippen LogP contribution in [0.15, 0.2) is 0 Å². The second-order valence-corrected chi connectivity index (χ2v) is 5.52. The van der Waals surface area contributed by atoms with Crippen molar-refractivity contribution < 1.29 is 4.79 Å². The molecule has 4 nitrogen and oxygen atoms in total. The van der Waals surface area contributed by atoms with Gasteiger partial charge >= 0.3 is 0 Å². The summed E-state index contributed by atoms with van der Waals surface area (Å²) >= 11 is 0. The highest BCUT2D eigenvalue weighted by molar-refractivity contribution is 5.85. The molecule has 4 heteroatoms. The number of nitrogens with one attached hydrogen (secondary N) is 1. The third-order valence-electron chi connectivity index (χ3n) is 4.29. The monoisotopic (exact) mass is 255 g/mol. The number of hydrogen-bond acceptors (Lipinski definition) is 3. The molecule has 0 spiro atoms. The van der Waals surface area contributed by atoms with E-state index in [2.05, 4.69) is 17.1 Å². The minimum atomic E-state index is -0.693. The topological polar surface area (TPSA) is 58.4 Å². The smallest absolute Gasteiger partial charge is 0.240 e. The van der Waals surface area contributed by atoms with Gasteiger partial charge in [0, 0.05) is 12.6 Å². The van der Waals surface area contributed by atoms with Crippen molar-refractivity contribution in [2.24, 2.45) is 5.73 Å². The average molecular weight is 255 g/mol. The fraction of sp³-hybridized carbons (Fsp3) is 0.929. The Labute approximate surface area is 111 Å². The predicted molar refractivity (Wildman–Crippen MR) is 75.4 cm³/mol. The van der Waals surface area contributed by atoms with E-state index in [-0.39, 0.29) is 5.91 Å². The first-order valence-electron chi connectivity index (χ1n) is 7.34. The van der Waals surface area contributed by atoms with Gasteiger partial charge in [-0.1, -0.05) is 20.3 Å². The maximum atomic E-state index is 12.1. The summed E-state index contributed by atoms with van der Waals surface area (Å²) in [7, 11) is 0. The number of carbonyl (C=O) groups excluding carboxylic acids is 1. The van der Waals surface area contributed by atoms with Crippen LogP contribution in [0, 0.1) is 0 Å². The molecule has 1 heterocycles. The summed E-state index contributed by atoms with van der Waals surface area (Å²) in [4.78, 5) is 14.5. The van der Waals surface area contributed by atoms with Crippen molar-refractivity contribution in [1.82, 2.24) is 10.2 Å². The Bertz CT molecular complexity index is 258. The van der Waals surface area contributed by atoms with Gasteiger partial charge in [-0.05, 0) is 45.7 Å². The Morgan fingerprint density at radius 3 is 2.33 bits per heavy atom. The van der Waals surface area contributed by atoms with Crippen molar-refractivity contribution in [1.29, 1.82) is 0 Å². The van der Waals surface area contributed by atoms with Crippen LogP contribution in [-0.4, -0.2) is 42.0 Å². The first kappa shape index (κ1) is 15.4. The molecule has 0 aromatic heterocycles. The molecule has 1 aliphatic heterocycles. The highest BCUT2D eigenvalue weighted by atomic mass is 16.2. The molecule has 18 heavy (non-hydrogen) atoms. The third-order valence-corrected chi connectivity index (χ3v) is 4.29. The van der Waals surface area contributed by atoms with Gasteiger partial charge in [-0.3, -0.25) is 9.69 Å². The van der Waals surface area contributed by atoms with Gasteiger partial charge in [0.25, 0.3) is 0 Å². The minimum Gasteiger partial charge on any atom is -0.353 e. The summed E-state index contributed by atoms with van der Waals surface area (Å²) in [5, 5.41) is 3.02. The summed E-state index contributed by atoms with van der Waals surface area (Å²) in [5.74, 6) is -0.00337. The molecule has 3 N–H and O–H groups in total. The molecule has 1 fully saturated rings. The zero-order valence-corrected chi connectivity index (χ0v) is 12.2. The van der Waals surface area contributed by atoms with Crippen LogP contribution >= 0.6 is 0 Å². The van der Waals surface area contributed by atoms with E-state index in [0.29, 0.717) is 25.4 Å². The van der Waals surface area contributed by atoms with Crippen molar-refractivity contribution in [2.45, 2.75) is 64.5 Å². The Morgan fingerprint density at radius 2 is 1.83 bits per heavy atom. The minimum absolute atomic E-state index is 0.00337. The predicted octanol–water partition coefficient (Wildman–Crippen LogP) is 1.49. The van der Waals surface area contributed by atoms with Gasteiger partial charge in [-0.2, -0.15) is 0 Å². The van der Waals surface area contributed by atoms with Gasteiger partial charge in [-0.15, -0.1) is 0 Å². The first-order valence-corrected chi connectivity index (χ1v) is 7.34. The molecular weight excluding hydrogens is 226 g/mol. The van der Waals surface area contributed by atoms with Crippen LogP contribution in [-0.2, 0) is 4.79 Å². The maximum absolute atomic E-state index is 12.1. The van der Waals surface area contributed by atoms with Crippen molar-refractivity contribution in [3.05, 3.63) is 0 Å². The summed E-state index contributed by atoms with van der Waals surface area (Å²) in [6.07, 6.45) is 5.28. The Morgan fingerprint density at radius 1 is 1.28 bits per heavy atom. The standard InChI is InChI=1S/C14H29N3O/c1-4-14(15,5-2)13(18)16-11-12(3)17-9-7-6-8-10-17/h12H,4-11,15H2,1-3H3,(H,16,18). The van der Waals surface area contributed by atoms with Crippen molar-refractivity contribution in [3.63, 3.8) is 0 Å². The van der Waals surface area contributed by atoms with Crippen molar-refractivity contribution in [3.8, 4) is 0 Å². The second-order valence-electron chi connectivity index (χ2n) is 5.52. The number of piperidine rings is 1. The molecule has 1 aliphatic rings. The van der Waals surface area contributed by atoms with Crippen molar-refractivity contribution >= 4 is 5.91 Å². The molecule has 0 aliphatic carbocycles. The summed E-state index contributed by atoms with van der Waals surface area (Å²) in [6.45, 7) is 9.15. The van der Waals surface area contributed by atoms with Crippen LogP contribution in [0.2, 0.25) is 0 Å². The SMILES string of the molecule is CCC(N)(CC)C(=O)NCC(C)N1CCCCC1. The molecule has 1 saturated heterocycles. The van der Waals surface area contributed by atoms with Crippen LogP contribution in [0.5, 0.6) is 0 Å². The van der Waals surface area contributed by atoms with Gasteiger partial charge in [0.15, 0.2) is 0 Å². The van der Waals surface area contributed by atoms with Gasteiger partial charge in [0.05, 0.1) is 5.54 Å². The molecule has 1 rings (SSSR count). The molecule has 0 bridgehead atoms. The van der Waals surface area contributed by atoms with Gasteiger partial charge < -0.3 is 11.1 Å². The quantitative estimate of drug-likeness (QED) is 0.756. The molecule has 0 aromatic carbocycles. The van der Waals surface area contributed by atoms with E-state index in [1.54, 1.807) is 0 Å². The zero-order chi connectivity index (χ0) is 13.6. The van der Waals surface area contributed by atoms with E-state index >= 15 is 0 Å². The zero-order valence-electron chi connectivity index (χ0n) is 12.2. The van der Waals surface area contributed by atoms with Crippen LogP contribution in [0.3, 0.4) is 0 Å². The first-order chi connectivity index (χ1) is 8.53. The molecule has 0 saturated carbocycles. The van der Waals surface area contributed by atoms with E-state index in [4.69, 9.17) is 5.73 Å². The fourth-order valence-electron chi connectivity index (χ4n) is 2.48. The van der Waals surface area contributed by atoms with Crippen LogP contribution in [0.4, 0.5) is 0 Å². The number of likely N-dealkylation sites (tertiary alicyclic amines) is 1. The Kier molecular flexibility index (Phi) is 6.09. The van der Waals surface area contributed by atoms with Gasteiger partial charge in [0.2, 0.25) is 5.91 Å². The number of nitrogens with zero attached hydrogens (tertiary/aromatic N) is 1. The van der Waals surface area contributed by atoms with E-state index in [9.17, 15) is 4.79 Å². The van der Waals surface area contributed by atoms with Crippen molar-refractivity contribution in [2.75, 3.05) is 19.6 Å². The number of amides is 1. The fourth-order valence-corrected chi connectivity index (χ4v) is 2.48. The van der Waals surface area contributed by atoms with Crippen LogP contribution < -0.4 is 11.1 Å². The average Bonchev–Trinajstić information content (AvgIpc) is 2.44. The van der Waals surface area contributed by atoms with E-state index in [0.717, 1.165) is 13.1 Å². The maximum Gasteiger partial charge on any atom is 0.240 e. The number of rotatable bonds is 6. The Balaban J connectivity index is 2.37. The van der Waals surface area contributed by atoms with Crippen LogP contribution in [0.1, 0.15) is 52.9 Å². The highest BCUT2D eigenvalue weighted by Gasteiger charge is 2.30. The second kappa shape index (κ2) is 7.10. The van der Waals surface area contributed by atoms with Gasteiger partial charge in [-0.25, -0.2) is 0 Å². The molecule has 1 unspecified atom stereocenters. The number of hydrogen-bond donors (Lipinski definition) is 2. The lowest BCUT2D eigenvalue weighted by Crippen LogP contribution is -2.55. The normalized spacial score (nSPS) is 19.6. The molecule has 1 atom stereocenters. The van der Waals surface area contributed by atoms with Crippen LogP contribution in [0.25, 0.3) is 0 Å². The molecule has 1 amide bonds. The van der Waals surface area contributed by atoms with E-state index < -0.39 is 5.54 Å². The third kappa shape index (κ3) is 3.95.